The number of aryl methyl sites for hydroxylation is 2. The van der Waals surface area contributed by atoms with Crippen molar-refractivity contribution in [2.24, 2.45) is 0 Å². The van der Waals surface area contributed by atoms with Gasteiger partial charge in [0.2, 0.25) is 5.91 Å². The summed E-state index contributed by atoms with van der Waals surface area (Å²) in [5.74, 6) is 0.624. The van der Waals surface area contributed by atoms with E-state index in [-0.39, 0.29) is 5.91 Å². The summed E-state index contributed by atoms with van der Waals surface area (Å²) in [5, 5.41) is 7.45. The number of likely N-dealkylation sites (N-methyl/N-ethyl adjacent to an activating group) is 1. The van der Waals surface area contributed by atoms with Crippen LogP contribution in [-0.2, 0) is 11.3 Å². The van der Waals surface area contributed by atoms with Crippen LogP contribution in [0.25, 0.3) is 5.69 Å². The Hall–Kier alpha value is -2.92. The number of benzene rings is 2. The minimum absolute atomic E-state index is 0.0586. The molecule has 1 amide bonds. The van der Waals surface area contributed by atoms with Crippen LogP contribution in [0.15, 0.2) is 60.7 Å². The van der Waals surface area contributed by atoms with Gasteiger partial charge in [-0.15, -0.1) is 0 Å². The number of hydrogen-bond acceptors (Lipinski definition) is 3. The third-order valence-electron chi connectivity index (χ3n) is 4.09. The molecule has 3 aromatic rings. The molecule has 26 heavy (non-hydrogen) atoms. The Bertz CT molecular complexity index is 869. The maximum atomic E-state index is 12.5. The lowest BCUT2D eigenvalue weighted by atomic mass is 10.1. The van der Waals surface area contributed by atoms with Crippen molar-refractivity contribution >= 4 is 11.7 Å². The lowest BCUT2D eigenvalue weighted by Crippen LogP contribution is -2.30. The molecule has 1 N–H and O–H groups in total. The van der Waals surface area contributed by atoms with Crippen LogP contribution < -0.4 is 5.32 Å². The summed E-state index contributed by atoms with van der Waals surface area (Å²) in [4.78, 5) is 14.5. The van der Waals surface area contributed by atoms with Gasteiger partial charge in [-0.2, -0.15) is 5.10 Å². The number of anilines is 1. The number of hydrogen-bond donors (Lipinski definition) is 1. The highest BCUT2D eigenvalue weighted by Gasteiger charge is 2.12. The average Bonchev–Trinajstić information content (AvgIpc) is 2.97. The van der Waals surface area contributed by atoms with Crippen LogP contribution in [0, 0.1) is 13.8 Å². The van der Waals surface area contributed by atoms with E-state index >= 15 is 0 Å². The normalized spacial score (nSPS) is 10.9. The molecule has 3 rings (SSSR count). The molecular formula is C21H24N4O. The highest BCUT2D eigenvalue weighted by molar-refractivity contribution is 5.91. The van der Waals surface area contributed by atoms with E-state index in [2.05, 4.69) is 41.6 Å². The molecule has 0 aliphatic rings. The van der Waals surface area contributed by atoms with Gasteiger partial charge in [0, 0.05) is 12.6 Å². The Morgan fingerprint density at radius 3 is 2.46 bits per heavy atom. The van der Waals surface area contributed by atoms with Gasteiger partial charge in [0.1, 0.15) is 5.82 Å². The van der Waals surface area contributed by atoms with Gasteiger partial charge in [-0.05, 0) is 38.6 Å². The van der Waals surface area contributed by atoms with E-state index in [9.17, 15) is 4.79 Å². The lowest BCUT2D eigenvalue weighted by Gasteiger charge is -2.17. The molecule has 2 aromatic carbocycles. The van der Waals surface area contributed by atoms with E-state index in [0.717, 1.165) is 17.9 Å². The van der Waals surface area contributed by atoms with E-state index in [1.807, 2.05) is 55.3 Å². The molecule has 134 valence electrons. The average molecular weight is 348 g/mol. The Labute approximate surface area is 154 Å². The zero-order chi connectivity index (χ0) is 18.5. The predicted molar refractivity (Wildman–Crippen MR) is 104 cm³/mol. The van der Waals surface area contributed by atoms with Crippen LogP contribution in [-0.4, -0.2) is 34.2 Å². The zero-order valence-corrected chi connectivity index (χ0v) is 15.4. The third kappa shape index (κ3) is 4.58. The first-order valence-electron chi connectivity index (χ1n) is 8.67. The van der Waals surface area contributed by atoms with Crippen molar-refractivity contribution in [1.82, 2.24) is 14.7 Å². The van der Waals surface area contributed by atoms with Gasteiger partial charge in [0.05, 0.1) is 17.9 Å². The molecule has 0 aliphatic heterocycles. The highest BCUT2D eigenvalue weighted by Crippen LogP contribution is 2.17. The van der Waals surface area contributed by atoms with Gasteiger partial charge in [-0.25, -0.2) is 4.68 Å². The number of amides is 1. The van der Waals surface area contributed by atoms with E-state index in [0.29, 0.717) is 12.4 Å². The second-order valence-corrected chi connectivity index (χ2v) is 6.62. The van der Waals surface area contributed by atoms with Crippen LogP contribution in [0.2, 0.25) is 0 Å². The van der Waals surface area contributed by atoms with Crippen molar-refractivity contribution in [1.29, 1.82) is 0 Å². The number of nitrogens with zero attached hydrogens (tertiary/aromatic N) is 3. The van der Waals surface area contributed by atoms with Gasteiger partial charge in [0.15, 0.2) is 0 Å². The quantitative estimate of drug-likeness (QED) is 0.741. The molecule has 0 fully saturated rings. The van der Waals surface area contributed by atoms with Crippen LogP contribution in [0.1, 0.15) is 16.8 Å². The van der Waals surface area contributed by atoms with Crippen molar-refractivity contribution in [2.75, 3.05) is 18.9 Å². The van der Waals surface area contributed by atoms with Crippen molar-refractivity contribution in [3.63, 3.8) is 0 Å². The van der Waals surface area contributed by atoms with Gasteiger partial charge in [-0.3, -0.25) is 9.69 Å². The molecule has 0 saturated heterocycles. The molecule has 0 saturated carbocycles. The number of carbonyl (C=O) groups excluding carboxylic acids is 1. The standard InChI is InChI=1S/C21H24N4O/c1-16-9-11-18(12-10-16)14-24(3)15-21(26)22-20-13-17(2)23-25(20)19-7-5-4-6-8-19/h4-13H,14-15H2,1-3H3,(H,22,26). The van der Waals surface area contributed by atoms with Crippen LogP contribution in [0.5, 0.6) is 0 Å². The van der Waals surface area contributed by atoms with Crippen molar-refractivity contribution in [3.05, 3.63) is 77.5 Å². The number of para-hydroxylation sites is 1. The molecule has 1 aromatic heterocycles. The summed E-state index contributed by atoms with van der Waals surface area (Å²) in [7, 11) is 1.94. The summed E-state index contributed by atoms with van der Waals surface area (Å²) in [5.41, 5.74) is 4.20. The SMILES string of the molecule is Cc1ccc(CN(C)CC(=O)Nc2cc(C)nn2-c2ccccc2)cc1. The second-order valence-electron chi connectivity index (χ2n) is 6.62. The molecule has 0 bridgehead atoms. The smallest absolute Gasteiger partial charge is 0.239 e. The van der Waals surface area contributed by atoms with E-state index in [1.165, 1.54) is 11.1 Å². The van der Waals surface area contributed by atoms with Crippen molar-refractivity contribution in [3.8, 4) is 5.69 Å². The Balaban J connectivity index is 1.64. The molecule has 1 heterocycles. The fourth-order valence-corrected chi connectivity index (χ4v) is 2.84. The van der Waals surface area contributed by atoms with Crippen LogP contribution >= 0.6 is 0 Å². The summed E-state index contributed by atoms with van der Waals surface area (Å²) in [6.07, 6.45) is 0. The first-order chi connectivity index (χ1) is 12.5. The van der Waals surface area contributed by atoms with Gasteiger partial charge in [-0.1, -0.05) is 48.0 Å². The molecule has 0 radical (unpaired) electrons. The molecule has 5 heteroatoms. The second kappa shape index (κ2) is 7.97. The highest BCUT2D eigenvalue weighted by atomic mass is 16.2. The molecule has 5 nitrogen and oxygen atoms in total. The number of aromatic nitrogens is 2. The molecule has 0 aliphatic carbocycles. The van der Waals surface area contributed by atoms with Crippen LogP contribution in [0.3, 0.4) is 0 Å². The molecule has 0 spiro atoms. The molecule has 0 unspecified atom stereocenters. The van der Waals surface area contributed by atoms with E-state index < -0.39 is 0 Å². The fourth-order valence-electron chi connectivity index (χ4n) is 2.84. The van der Waals surface area contributed by atoms with Crippen molar-refractivity contribution in [2.45, 2.75) is 20.4 Å². The number of rotatable bonds is 6. The Morgan fingerprint density at radius 2 is 1.77 bits per heavy atom. The monoisotopic (exact) mass is 348 g/mol. The predicted octanol–water partition coefficient (Wildman–Crippen LogP) is 3.56. The van der Waals surface area contributed by atoms with Gasteiger partial charge in [0.25, 0.3) is 0 Å². The number of carbonyl (C=O) groups is 1. The third-order valence-corrected chi connectivity index (χ3v) is 4.09. The van der Waals surface area contributed by atoms with Gasteiger partial charge < -0.3 is 5.32 Å². The number of nitrogens with one attached hydrogen (secondary N) is 1. The van der Waals surface area contributed by atoms with E-state index in [1.54, 1.807) is 4.68 Å². The maximum absolute atomic E-state index is 12.5. The molecule has 0 atom stereocenters. The van der Waals surface area contributed by atoms with Crippen molar-refractivity contribution < 1.29 is 4.79 Å². The van der Waals surface area contributed by atoms with E-state index in [4.69, 9.17) is 0 Å². The molecular weight excluding hydrogens is 324 g/mol. The maximum Gasteiger partial charge on any atom is 0.239 e. The summed E-state index contributed by atoms with van der Waals surface area (Å²) >= 11 is 0. The zero-order valence-electron chi connectivity index (χ0n) is 15.4. The fraction of sp³-hybridized carbons (Fsp3) is 0.238. The Kier molecular flexibility index (Phi) is 5.49. The first-order valence-corrected chi connectivity index (χ1v) is 8.67. The summed E-state index contributed by atoms with van der Waals surface area (Å²) in [6, 6.07) is 20.0. The van der Waals surface area contributed by atoms with Crippen LogP contribution in [0.4, 0.5) is 5.82 Å². The summed E-state index contributed by atoms with van der Waals surface area (Å²) < 4.78 is 1.76. The summed E-state index contributed by atoms with van der Waals surface area (Å²) in [6.45, 7) is 5.02. The van der Waals surface area contributed by atoms with Gasteiger partial charge >= 0.3 is 0 Å². The first kappa shape index (κ1) is 17.9. The Morgan fingerprint density at radius 1 is 1.08 bits per heavy atom. The largest absolute Gasteiger partial charge is 0.309 e. The topological polar surface area (TPSA) is 50.2 Å². The minimum atomic E-state index is -0.0586. The minimum Gasteiger partial charge on any atom is -0.309 e. The lowest BCUT2D eigenvalue weighted by molar-refractivity contribution is -0.117.